The van der Waals surface area contributed by atoms with Gasteiger partial charge in [-0.3, -0.25) is 14.9 Å². The van der Waals surface area contributed by atoms with E-state index in [1.54, 1.807) is 18.6 Å². The highest BCUT2D eigenvalue weighted by molar-refractivity contribution is 6.04. The molecule has 1 aliphatic carbocycles. The number of nitrogens with one attached hydrogen (secondary N) is 2. The summed E-state index contributed by atoms with van der Waals surface area (Å²) in [5, 5.41) is 24.5. The minimum atomic E-state index is -0.512. The lowest BCUT2D eigenvalue weighted by Crippen LogP contribution is -2.41. The number of carbonyl (C=O) groups excluding carboxylic acids is 1. The zero-order valence-electron chi connectivity index (χ0n) is 20.5. The second kappa shape index (κ2) is 10.5. The molecule has 2 aliphatic rings. The molecule has 0 radical (unpaired) electrons. The predicted octanol–water partition coefficient (Wildman–Crippen LogP) is 1.79. The molecule has 0 bridgehead atoms. The summed E-state index contributed by atoms with van der Waals surface area (Å²) in [7, 11) is 0. The minimum Gasteiger partial charge on any atom is -0.578 e. The number of hydrogen-bond acceptors (Lipinski definition) is 7. The highest BCUT2D eigenvalue weighted by atomic mass is 16.5. The quantitative estimate of drug-likeness (QED) is 0.252. The number of anilines is 1. The molecule has 1 saturated heterocycles. The van der Waals surface area contributed by atoms with Crippen molar-refractivity contribution in [3.8, 4) is 11.1 Å². The third kappa shape index (κ3) is 5.36. The normalized spacial score (nSPS) is 17.7. The average Bonchev–Trinajstić information content (AvgIpc) is 3.33. The van der Waals surface area contributed by atoms with Gasteiger partial charge < -0.3 is 20.9 Å². The molecule has 3 heterocycles. The average molecular weight is 504 g/mol. The fourth-order valence-corrected chi connectivity index (χ4v) is 4.78. The fourth-order valence-electron chi connectivity index (χ4n) is 4.78. The molecule has 1 amide bonds. The van der Waals surface area contributed by atoms with Gasteiger partial charge in [-0.15, -0.1) is 4.99 Å². The second-order valence-electron chi connectivity index (χ2n) is 9.53. The van der Waals surface area contributed by atoms with Crippen LogP contribution in [0.5, 0.6) is 0 Å². The van der Waals surface area contributed by atoms with Gasteiger partial charge in [0.1, 0.15) is 17.9 Å². The molecule has 2 fully saturated rings. The number of hydrogen-bond donors (Lipinski definition) is 3. The lowest BCUT2D eigenvalue weighted by Gasteiger charge is -2.41. The van der Waals surface area contributed by atoms with Crippen LogP contribution in [-0.2, 0) is 21.5 Å². The highest BCUT2D eigenvalue weighted by Gasteiger charge is 2.43. The molecule has 2 aromatic heterocycles. The van der Waals surface area contributed by atoms with E-state index < -0.39 is 5.41 Å². The van der Waals surface area contributed by atoms with E-state index in [1.807, 2.05) is 24.3 Å². The molecule has 1 aliphatic heterocycles. The summed E-state index contributed by atoms with van der Waals surface area (Å²) in [6, 6.07) is 8.11. The van der Waals surface area contributed by atoms with E-state index in [4.69, 9.17) is 21.0 Å². The van der Waals surface area contributed by atoms with Gasteiger partial charge >= 0.3 is 5.90 Å². The maximum atomic E-state index is 12.4. The molecule has 3 aromatic rings. The number of nitrogens with two attached hydrogens (primary N) is 1. The van der Waals surface area contributed by atoms with Crippen LogP contribution in [0.4, 0.5) is 5.95 Å². The van der Waals surface area contributed by atoms with Crippen molar-refractivity contribution < 1.29 is 14.6 Å². The van der Waals surface area contributed by atoms with Gasteiger partial charge in [0.05, 0.1) is 11.6 Å². The summed E-state index contributed by atoms with van der Waals surface area (Å²) in [6.07, 6.45) is 10.7. The first-order chi connectivity index (χ1) is 17.9. The van der Waals surface area contributed by atoms with E-state index in [-0.39, 0.29) is 36.2 Å². The Kier molecular flexibility index (Phi) is 6.95. The van der Waals surface area contributed by atoms with Crippen molar-refractivity contribution in [2.45, 2.75) is 50.1 Å². The molecule has 0 atom stereocenters. The molecule has 11 heteroatoms. The maximum Gasteiger partial charge on any atom is 0.369 e. The Morgan fingerprint density at radius 1 is 1.16 bits per heavy atom. The molecular formula is C26H31N8O3+. The summed E-state index contributed by atoms with van der Waals surface area (Å²) >= 11 is 0. The van der Waals surface area contributed by atoms with Gasteiger partial charge in [0, 0.05) is 43.4 Å². The minimum absolute atomic E-state index is 0.0389. The Morgan fingerprint density at radius 3 is 2.51 bits per heavy atom. The van der Waals surface area contributed by atoms with Gasteiger partial charge in [0.25, 0.3) is 0 Å². The number of rotatable bonds is 7. The molecule has 1 aromatic carbocycles. The summed E-state index contributed by atoms with van der Waals surface area (Å²) < 4.78 is 6.82. The van der Waals surface area contributed by atoms with Crippen LogP contribution in [0.2, 0.25) is 0 Å². The van der Waals surface area contributed by atoms with E-state index in [2.05, 4.69) is 25.4 Å². The number of nitrogens with zero attached hydrogens (tertiary/aromatic N) is 5. The fraction of sp³-hybridized carbons (Fsp3) is 0.385. The van der Waals surface area contributed by atoms with Crippen LogP contribution in [0.1, 0.15) is 43.2 Å². The molecule has 5 rings (SSSR count). The number of nitrogen functional groups attached to an aromatic ring is 1. The van der Waals surface area contributed by atoms with Crippen molar-refractivity contribution in [3.63, 3.8) is 0 Å². The van der Waals surface area contributed by atoms with Crippen LogP contribution in [-0.4, -0.2) is 61.8 Å². The van der Waals surface area contributed by atoms with Crippen molar-refractivity contribution in [1.82, 2.24) is 25.1 Å². The third-order valence-electron chi connectivity index (χ3n) is 7.13. The molecule has 0 unspecified atom stereocenters. The number of aliphatic imine (C=N–C) groups is 1. The van der Waals surface area contributed by atoms with Gasteiger partial charge in [-0.05, 0) is 36.8 Å². The topological polar surface area (TPSA) is 167 Å². The monoisotopic (exact) mass is 503 g/mol. The summed E-state index contributed by atoms with van der Waals surface area (Å²) in [4.78, 5) is 24.8. The Hall–Kier alpha value is -4.12. The Balaban J connectivity index is 1.25. The first-order valence-corrected chi connectivity index (χ1v) is 12.4. The molecular weight excluding hydrogens is 472 g/mol. The van der Waals surface area contributed by atoms with E-state index in [0.29, 0.717) is 18.8 Å². The van der Waals surface area contributed by atoms with E-state index in [1.165, 1.54) is 10.9 Å². The van der Waals surface area contributed by atoms with Gasteiger partial charge in [0.2, 0.25) is 11.9 Å². The van der Waals surface area contributed by atoms with Gasteiger partial charge in [-0.2, -0.15) is 5.10 Å². The van der Waals surface area contributed by atoms with Crippen molar-refractivity contribution in [2.75, 3.05) is 18.9 Å². The van der Waals surface area contributed by atoms with Crippen LogP contribution in [0.15, 0.2) is 54.0 Å². The molecule has 37 heavy (non-hydrogen) atoms. The lowest BCUT2D eigenvalue weighted by atomic mass is 9.63. The number of benzene rings is 1. The third-order valence-corrected chi connectivity index (χ3v) is 7.13. The standard InChI is InChI=1S/C26H30N8O3/c27-24(26(8-1-9-26)20-4-2-17(3-5-20)18-12-29-25(28)30-13-18)33-23(36)19-14-31-34(15-19)16-22(35)32-21-6-10-37-11-7-21/h2-5,12-15,21H,1,6-11,16H2,(H,32,35)(H2,27,33,36)(H2,28,29,30)/p+1. The summed E-state index contributed by atoms with van der Waals surface area (Å²) in [6.45, 7) is 1.38. The highest BCUT2D eigenvalue weighted by Crippen LogP contribution is 2.45. The zero-order chi connectivity index (χ0) is 25.8. The SMILES string of the molecule is N=C(N=C([OH2+])c1cnn(CC(=O)NC2CCOCC2)c1)C1(c2ccc(-c3cnc(N)nc3)cc2)CCC1. The molecule has 0 spiro atoms. The Morgan fingerprint density at radius 2 is 1.86 bits per heavy atom. The van der Waals surface area contributed by atoms with Crippen LogP contribution in [0.3, 0.4) is 0 Å². The first-order valence-electron chi connectivity index (χ1n) is 12.4. The molecule has 192 valence electrons. The van der Waals surface area contributed by atoms with Crippen LogP contribution < -0.4 is 11.1 Å². The summed E-state index contributed by atoms with van der Waals surface area (Å²) in [5.74, 6) is 0.232. The van der Waals surface area contributed by atoms with Crippen molar-refractivity contribution in [1.29, 1.82) is 5.41 Å². The maximum absolute atomic E-state index is 12.4. The van der Waals surface area contributed by atoms with Gasteiger partial charge in [-0.25, -0.2) is 9.97 Å². The molecule has 11 nitrogen and oxygen atoms in total. The zero-order valence-corrected chi connectivity index (χ0v) is 20.5. The smallest absolute Gasteiger partial charge is 0.369 e. The number of amidine groups is 1. The number of aromatic nitrogens is 4. The predicted molar refractivity (Wildman–Crippen MR) is 139 cm³/mol. The van der Waals surface area contributed by atoms with Crippen molar-refractivity contribution in [2.24, 2.45) is 4.99 Å². The van der Waals surface area contributed by atoms with Crippen LogP contribution in [0.25, 0.3) is 11.1 Å². The van der Waals surface area contributed by atoms with E-state index >= 15 is 0 Å². The molecule has 6 N–H and O–H groups in total. The number of carbonyl (C=O) groups is 1. The number of amides is 1. The van der Waals surface area contributed by atoms with E-state index in [0.717, 1.165) is 48.8 Å². The molecule has 1 saturated carbocycles. The van der Waals surface area contributed by atoms with Gasteiger partial charge in [-0.1, -0.05) is 30.7 Å². The Labute approximate surface area is 214 Å². The first kappa shape index (κ1) is 24.6. The van der Waals surface area contributed by atoms with Crippen LogP contribution in [0, 0.1) is 5.41 Å². The van der Waals surface area contributed by atoms with Crippen molar-refractivity contribution >= 4 is 23.6 Å². The summed E-state index contributed by atoms with van der Waals surface area (Å²) in [5.41, 5.74) is 8.37. The largest absolute Gasteiger partial charge is 0.578 e. The van der Waals surface area contributed by atoms with Crippen molar-refractivity contribution in [3.05, 3.63) is 60.2 Å². The second-order valence-corrected chi connectivity index (χ2v) is 9.53. The number of ether oxygens (including phenoxy) is 1. The lowest BCUT2D eigenvalue weighted by molar-refractivity contribution is -0.123. The van der Waals surface area contributed by atoms with E-state index in [9.17, 15) is 4.79 Å². The Bertz CT molecular complexity index is 1290. The van der Waals surface area contributed by atoms with Crippen LogP contribution >= 0.6 is 0 Å². The van der Waals surface area contributed by atoms with Gasteiger partial charge in [0.15, 0.2) is 0 Å².